The number of halogens is 1. The lowest BCUT2D eigenvalue weighted by atomic mass is 10.1. The highest BCUT2D eigenvalue weighted by molar-refractivity contribution is 6.34. The number of nitrogens with two attached hydrogens (primary N) is 1. The third kappa shape index (κ3) is 3.93. The van der Waals surface area contributed by atoms with Gasteiger partial charge in [-0.2, -0.15) is 0 Å². The van der Waals surface area contributed by atoms with Crippen LogP contribution >= 0.6 is 11.6 Å². The molecule has 1 atom stereocenters. The van der Waals surface area contributed by atoms with E-state index in [9.17, 15) is 19.8 Å². The molecule has 0 aliphatic rings. The van der Waals surface area contributed by atoms with Crippen LogP contribution in [0.15, 0.2) is 24.3 Å². The lowest BCUT2D eigenvalue weighted by molar-refractivity contribution is -0.139. The fourth-order valence-corrected chi connectivity index (χ4v) is 2.59. The maximum absolute atomic E-state index is 12.3. The van der Waals surface area contributed by atoms with Crippen molar-refractivity contribution in [2.24, 2.45) is 5.73 Å². The molecule has 0 bridgehead atoms. The number of rotatable bonds is 7. The van der Waals surface area contributed by atoms with Crippen LogP contribution in [0.3, 0.4) is 0 Å². The number of fused-ring (bicyclic) bond motifs is 1. The first-order valence-corrected chi connectivity index (χ1v) is 7.84. The minimum absolute atomic E-state index is 0.0588. The summed E-state index contributed by atoms with van der Waals surface area (Å²) in [6.45, 7) is 0.447. The van der Waals surface area contributed by atoms with Crippen molar-refractivity contribution in [2.75, 3.05) is 6.54 Å². The van der Waals surface area contributed by atoms with E-state index in [2.05, 4.69) is 10.3 Å². The number of aliphatic carboxylic acids is 1. The van der Waals surface area contributed by atoms with E-state index in [1.165, 1.54) is 0 Å². The van der Waals surface area contributed by atoms with Crippen LogP contribution in [-0.2, 0) is 4.79 Å². The average Bonchev–Trinajstić information content (AvgIpc) is 2.57. The van der Waals surface area contributed by atoms with Crippen molar-refractivity contribution in [3.05, 3.63) is 35.1 Å². The molecule has 0 saturated carbocycles. The van der Waals surface area contributed by atoms with Gasteiger partial charge in [-0.25, -0.2) is 9.78 Å². The number of aromatic nitrogens is 1. The maximum Gasteiger partial charge on any atom is 0.326 e. The van der Waals surface area contributed by atoms with Gasteiger partial charge < -0.3 is 21.3 Å². The molecule has 0 fully saturated rings. The number of hydrogen-bond acceptors (Lipinski definition) is 5. The molecule has 1 heterocycles. The second-order valence-electron chi connectivity index (χ2n) is 5.29. The number of amides is 1. The number of carbonyl (C=O) groups excluding carboxylic acids is 1. The van der Waals surface area contributed by atoms with Crippen molar-refractivity contribution in [3.8, 4) is 5.75 Å². The maximum atomic E-state index is 12.3. The molecule has 24 heavy (non-hydrogen) atoms. The summed E-state index contributed by atoms with van der Waals surface area (Å²) in [6, 6.07) is 5.60. The fraction of sp³-hybridized carbons (Fsp3) is 0.312. The van der Waals surface area contributed by atoms with E-state index in [1.54, 1.807) is 24.3 Å². The number of unbranched alkanes of at least 4 members (excludes halogenated alkanes) is 1. The number of carboxylic acid groups (broad SMARTS) is 1. The zero-order valence-corrected chi connectivity index (χ0v) is 13.6. The lowest BCUT2D eigenvalue weighted by Crippen LogP contribution is -2.41. The predicted molar refractivity (Wildman–Crippen MR) is 90.2 cm³/mol. The zero-order chi connectivity index (χ0) is 17.7. The van der Waals surface area contributed by atoms with Gasteiger partial charge in [-0.15, -0.1) is 0 Å². The van der Waals surface area contributed by atoms with Crippen molar-refractivity contribution in [2.45, 2.75) is 25.3 Å². The van der Waals surface area contributed by atoms with Crippen molar-refractivity contribution >= 4 is 34.2 Å². The van der Waals surface area contributed by atoms with E-state index in [0.717, 1.165) is 0 Å². The van der Waals surface area contributed by atoms with Gasteiger partial charge in [-0.05, 0) is 25.8 Å². The summed E-state index contributed by atoms with van der Waals surface area (Å²) >= 11 is 6.05. The first-order valence-electron chi connectivity index (χ1n) is 7.46. The van der Waals surface area contributed by atoms with E-state index in [4.69, 9.17) is 17.3 Å². The number of nitrogens with one attached hydrogen (secondary N) is 1. The number of aromatic hydroxyl groups is 1. The Morgan fingerprint density at radius 2 is 1.92 bits per heavy atom. The standard InChI is InChI=1S/C16H18ClN3O4/c17-14-10-6-2-1-5-9(10)13(21)12(20-14)15(22)19-11(16(23)24)7-3-4-8-18/h1-2,5-6,11,21H,3-4,7-8,18H2,(H,19,22)(H,23,24). The molecule has 1 aromatic heterocycles. The van der Waals surface area contributed by atoms with Gasteiger partial charge in [0, 0.05) is 10.8 Å². The zero-order valence-electron chi connectivity index (χ0n) is 12.8. The summed E-state index contributed by atoms with van der Waals surface area (Å²) in [4.78, 5) is 27.5. The van der Waals surface area contributed by atoms with Gasteiger partial charge in [0.05, 0.1) is 0 Å². The van der Waals surface area contributed by atoms with E-state index in [0.29, 0.717) is 30.2 Å². The number of carbonyl (C=O) groups is 2. The average molecular weight is 352 g/mol. The highest BCUT2D eigenvalue weighted by atomic mass is 35.5. The second kappa shape index (κ2) is 7.94. The van der Waals surface area contributed by atoms with Crippen LogP contribution < -0.4 is 11.1 Å². The minimum Gasteiger partial charge on any atom is -0.505 e. The van der Waals surface area contributed by atoms with Crippen LogP contribution in [0, 0.1) is 0 Å². The molecule has 0 aliphatic heterocycles. The van der Waals surface area contributed by atoms with Gasteiger partial charge in [0.2, 0.25) is 0 Å². The third-order valence-corrected chi connectivity index (χ3v) is 3.89. The first kappa shape index (κ1) is 18.0. The van der Waals surface area contributed by atoms with E-state index < -0.39 is 17.9 Å². The Labute approximate surface area is 143 Å². The molecule has 7 nitrogen and oxygen atoms in total. The summed E-state index contributed by atoms with van der Waals surface area (Å²) in [5, 5.41) is 22.8. The molecule has 0 radical (unpaired) electrons. The van der Waals surface area contributed by atoms with Crippen LogP contribution in [0.2, 0.25) is 5.15 Å². The van der Waals surface area contributed by atoms with Gasteiger partial charge in [0.15, 0.2) is 11.4 Å². The molecule has 5 N–H and O–H groups in total. The normalized spacial score (nSPS) is 12.1. The van der Waals surface area contributed by atoms with Crippen molar-refractivity contribution in [1.29, 1.82) is 0 Å². The van der Waals surface area contributed by atoms with Crippen molar-refractivity contribution < 1.29 is 19.8 Å². The van der Waals surface area contributed by atoms with E-state index in [-0.39, 0.29) is 23.0 Å². The largest absolute Gasteiger partial charge is 0.505 e. The first-order chi connectivity index (χ1) is 11.5. The van der Waals surface area contributed by atoms with E-state index >= 15 is 0 Å². The van der Waals surface area contributed by atoms with Gasteiger partial charge in [0.1, 0.15) is 11.2 Å². The molecule has 2 aromatic rings. The minimum atomic E-state index is -1.16. The van der Waals surface area contributed by atoms with E-state index in [1.807, 2.05) is 0 Å². The second-order valence-corrected chi connectivity index (χ2v) is 5.65. The Balaban J connectivity index is 2.27. The molecule has 0 spiro atoms. The molecule has 8 heteroatoms. The topological polar surface area (TPSA) is 126 Å². The van der Waals surface area contributed by atoms with Crippen LogP contribution in [0.25, 0.3) is 10.8 Å². The summed E-state index contributed by atoms with van der Waals surface area (Å²) < 4.78 is 0. The summed E-state index contributed by atoms with van der Waals surface area (Å²) in [5.74, 6) is -2.29. The third-order valence-electron chi connectivity index (χ3n) is 3.60. The number of hydrogen-bond donors (Lipinski definition) is 4. The quantitative estimate of drug-likeness (QED) is 0.446. The monoisotopic (exact) mass is 351 g/mol. The van der Waals surface area contributed by atoms with Gasteiger partial charge in [0.25, 0.3) is 5.91 Å². The van der Waals surface area contributed by atoms with Crippen LogP contribution in [-0.4, -0.2) is 39.7 Å². The summed E-state index contributed by atoms with van der Waals surface area (Å²) in [6.07, 6.45) is 1.46. The Hall–Kier alpha value is -2.38. The van der Waals surface area contributed by atoms with Crippen LogP contribution in [0.4, 0.5) is 0 Å². The molecule has 128 valence electrons. The molecule has 0 saturated heterocycles. The molecule has 0 aliphatic carbocycles. The molecule has 1 aromatic carbocycles. The number of benzene rings is 1. The Morgan fingerprint density at radius 1 is 1.25 bits per heavy atom. The highest BCUT2D eigenvalue weighted by Crippen LogP contribution is 2.31. The molecule has 1 amide bonds. The molecular weight excluding hydrogens is 334 g/mol. The van der Waals surface area contributed by atoms with Gasteiger partial charge >= 0.3 is 5.97 Å². The summed E-state index contributed by atoms with van der Waals surface area (Å²) in [7, 11) is 0. The Bertz CT molecular complexity index is 766. The number of carboxylic acids is 1. The Morgan fingerprint density at radius 3 is 2.54 bits per heavy atom. The number of nitrogens with zero attached hydrogens (tertiary/aromatic N) is 1. The van der Waals surface area contributed by atoms with Crippen LogP contribution in [0.5, 0.6) is 5.75 Å². The smallest absolute Gasteiger partial charge is 0.326 e. The molecule has 2 rings (SSSR count). The number of pyridine rings is 1. The van der Waals surface area contributed by atoms with Crippen molar-refractivity contribution in [3.63, 3.8) is 0 Å². The van der Waals surface area contributed by atoms with Gasteiger partial charge in [-0.1, -0.05) is 35.9 Å². The fourth-order valence-electron chi connectivity index (χ4n) is 2.34. The summed E-state index contributed by atoms with van der Waals surface area (Å²) in [5.41, 5.74) is 5.08. The Kier molecular flexibility index (Phi) is 5.94. The highest BCUT2D eigenvalue weighted by Gasteiger charge is 2.24. The lowest BCUT2D eigenvalue weighted by Gasteiger charge is -2.15. The van der Waals surface area contributed by atoms with Gasteiger partial charge in [-0.3, -0.25) is 4.79 Å². The molecule has 1 unspecified atom stereocenters. The molecular formula is C16H18ClN3O4. The predicted octanol–water partition coefficient (Wildman–Crippen LogP) is 1.91. The van der Waals surface area contributed by atoms with Crippen LogP contribution in [0.1, 0.15) is 29.8 Å². The SMILES string of the molecule is NCCCCC(NC(=O)c1nc(Cl)c2ccccc2c1O)C(=O)O. The van der Waals surface area contributed by atoms with Crippen molar-refractivity contribution in [1.82, 2.24) is 10.3 Å².